The van der Waals surface area contributed by atoms with Gasteiger partial charge in [0.15, 0.2) is 17.5 Å². The lowest BCUT2D eigenvalue weighted by Crippen LogP contribution is -2.32. The molecule has 32 heavy (non-hydrogen) atoms. The molecule has 0 radical (unpaired) electrons. The summed E-state index contributed by atoms with van der Waals surface area (Å²) in [6, 6.07) is 5.86. The van der Waals surface area contributed by atoms with Crippen molar-refractivity contribution in [1.82, 2.24) is 10.3 Å². The lowest BCUT2D eigenvalue weighted by Gasteiger charge is -2.14. The second-order valence-corrected chi connectivity index (χ2v) is 8.12. The van der Waals surface area contributed by atoms with Crippen molar-refractivity contribution in [3.63, 3.8) is 0 Å². The molecule has 178 valence electrons. The van der Waals surface area contributed by atoms with Crippen LogP contribution in [0.25, 0.3) is 0 Å². The molecule has 0 amide bonds. The zero-order valence-electron chi connectivity index (χ0n) is 18.7. The van der Waals surface area contributed by atoms with Crippen LogP contribution in [0.15, 0.2) is 28.6 Å². The van der Waals surface area contributed by atoms with E-state index in [-0.39, 0.29) is 24.0 Å². The van der Waals surface area contributed by atoms with E-state index < -0.39 is 0 Å². The highest BCUT2D eigenvalue weighted by Crippen LogP contribution is 2.32. The lowest BCUT2D eigenvalue weighted by molar-refractivity contribution is 0.0702. The summed E-state index contributed by atoms with van der Waals surface area (Å²) in [7, 11) is 1.67. The smallest absolute Gasteiger partial charge is 0.195 e. The first-order valence-corrected chi connectivity index (χ1v) is 11.6. The molecule has 1 aliphatic rings. The van der Waals surface area contributed by atoms with Gasteiger partial charge in [-0.05, 0) is 25.5 Å². The quantitative estimate of drug-likeness (QED) is 0.182. The summed E-state index contributed by atoms with van der Waals surface area (Å²) in [4.78, 5) is 9.22. The van der Waals surface area contributed by atoms with Gasteiger partial charge in [-0.25, -0.2) is 4.98 Å². The van der Waals surface area contributed by atoms with Gasteiger partial charge in [0.1, 0.15) is 0 Å². The van der Waals surface area contributed by atoms with Crippen molar-refractivity contribution >= 4 is 47.0 Å². The number of fused-ring (bicyclic) bond motifs is 1. The first-order valence-electron chi connectivity index (χ1n) is 10.7. The van der Waals surface area contributed by atoms with E-state index in [0.29, 0.717) is 39.6 Å². The molecule has 2 aromatic rings. The normalized spacial score (nSPS) is 13.2. The van der Waals surface area contributed by atoms with Crippen molar-refractivity contribution in [3.05, 3.63) is 34.3 Å². The molecule has 0 bridgehead atoms. The molecule has 0 saturated heterocycles. The molecule has 0 saturated carbocycles. The van der Waals surface area contributed by atoms with Crippen LogP contribution in [0.3, 0.4) is 0 Å². The predicted molar refractivity (Wildman–Crippen MR) is 139 cm³/mol. The standard InChI is InChI=1S/C22H32N4O4S.HI/c1-17-25-19(16-31-17)7-9-24-22(23-8-3-10-28-14-13-27-2)26-18-5-6-20-21(15-18)30-12-4-11-29-20;/h5-6,15-16H,3-4,7-14H2,1-2H3,(H2,23,24,26);1H. The third-order valence-electron chi connectivity index (χ3n) is 4.50. The zero-order valence-corrected chi connectivity index (χ0v) is 21.9. The maximum atomic E-state index is 5.80. The van der Waals surface area contributed by atoms with Gasteiger partial charge >= 0.3 is 0 Å². The Bertz CT molecular complexity index is 834. The third kappa shape index (κ3) is 9.47. The van der Waals surface area contributed by atoms with Gasteiger partial charge in [0.2, 0.25) is 0 Å². The molecule has 2 N–H and O–H groups in total. The van der Waals surface area contributed by atoms with Gasteiger partial charge in [-0.15, -0.1) is 35.3 Å². The maximum absolute atomic E-state index is 5.80. The topological polar surface area (TPSA) is 86.2 Å². The summed E-state index contributed by atoms with van der Waals surface area (Å²) in [5.41, 5.74) is 1.99. The number of nitrogens with zero attached hydrogens (tertiary/aromatic N) is 2. The number of aliphatic imine (C=N–C) groups is 1. The Labute approximate surface area is 211 Å². The number of benzene rings is 1. The van der Waals surface area contributed by atoms with E-state index in [1.165, 1.54) is 0 Å². The van der Waals surface area contributed by atoms with Crippen molar-refractivity contribution in [1.29, 1.82) is 0 Å². The Balaban J connectivity index is 0.00000363. The maximum Gasteiger partial charge on any atom is 0.195 e. The minimum absolute atomic E-state index is 0. The number of methoxy groups -OCH3 is 1. The van der Waals surface area contributed by atoms with Gasteiger partial charge in [-0.3, -0.25) is 4.99 Å². The summed E-state index contributed by atoms with van der Waals surface area (Å²) in [5, 5.41) is 9.96. The van der Waals surface area contributed by atoms with E-state index in [2.05, 4.69) is 21.0 Å². The minimum atomic E-state index is 0. The Morgan fingerprint density at radius 2 is 2.03 bits per heavy atom. The molecule has 10 heteroatoms. The summed E-state index contributed by atoms with van der Waals surface area (Å²) in [5.74, 6) is 2.26. The molecule has 2 heterocycles. The molecular weight excluding hydrogens is 543 g/mol. The van der Waals surface area contributed by atoms with E-state index in [9.17, 15) is 0 Å². The largest absolute Gasteiger partial charge is 0.490 e. The number of hydrogen-bond donors (Lipinski definition) is 2. The third-order valence-corrected chi connectivity index (χ3v) is 5.32. The van der Waals surface area contributed by atoms with Crippen molar-refractivity contribution in [2.45, 2.75) is 26.2 Å². The minimum Gasteiger partial charge on any atom is -0.490 e. The Morgan fingerprint density at radius 3 is 2.81 bits per heavy atom. The highest BCUT2D eigenvalue weighted by atomic mass is 127. The van der Waals surface area contributed by atoms with E-state index in [4.69, 9.17) is 23.9 Å². The van der Waals surface area contributed by atoms with Gasteiger partial charge in [0.05, 0.1) is 37.1 Å². The highest BCUT2D eigenvalue weighted by Gasteiger charge is 2.11. The molecule has 1 aromatic heterocycles. The second-order valence-electron chi connectivity index (χ2n) is 7.06. The first kappa shape index (κ1) is 26.6. The number of aryl methyl sites for hydroxylation is 1. The molecule has 0 atom stereocenters. The zero-order chi connectivity index (χ0) is 21.7. The number of ether oxygens (including phenoxy) is 4. The van der Waals surface area contributed by atoms with E-state index in [1.54, 1.807) is 18.4 Å². The summed E-state index contributed by atoms with van der Waals surface area (Å²) >= 11 is 1.67. The fourth-order valence-corrected chi connectivity index (χ4v) is 3.60. The number of anilines is 1. The molecular formula is C22H33IN4O4S. The van der Waals surface area contributed by atoms with E-state index >= 15 is 0 Å². The van der Waals surface area contributed by atoms with Crippen LogP contribution in [-0.4, -0.2) is 64.2 Å². The molecule has 0 fully saturated rings. The molecule has 0 unspecified atom stereocenters. The lowest BCUT2D eigenvalue weighted by atomic mass is 10.2. The Kier molecular flexibility index (Phi) is 12.7. The predicted octanol–water partition coefficient (Wildman–Crippen LogP) is 3.88. The SMILES string of the molecule is COCCOCCCN=C(NCCc1csc(C)n1)Nc1ccc2c(c1)OCCCO2.I. The van der Waals surface area contributed by atoms with Crippen molar-refractivity contribution in [2.24, 2.45) is 4.99 Å². The summed E-state index contributed by atoms with van der Waals surface area (Å²) in [6.45, 7) is 6.62. The van der Waals surface area contributed by atoms with Crippen molar-refractivity contribution < 1.29 is 18.9 Å². The van der Waals surface area contributed by atoms with Crippen LogP contribution in [0.2, 0.25) is 0 Å². The van der Waals surface area contributed by atoms with Crippen LogP contribution in [0.1, 0.15) is 23.5 Å². The number of rotatable bonds is 11. The van der Waals surface area contributed by atoms with Crippen LogP contribution < -0.4 is 20.1 Å². The molecule has 3 rings (SSSR count). The second kappa shape index (κ2) is 15.3. The van der Waals surface area contributed by atoms with Gasteiger partial charge < -0.3 is 29.6 Å². The number of nitrogens with one attached hydrogen (secondary N) is 2. The fourth-order valence-electron chi connectivity index (χ4n) is 2.95. The van der Waals surface area contributed by atoms with E-state index in [0.717, 1.165) is 59.7 Å². The molecule has 0 spiro atoms. The van der Waals surface area contributed by atoms with Crippen LogP contribution in [0.4, 0.5) is 5.69 Å². The van der Waals surface area contributed by atoms with Crippen LogP contribution in [0.5, 0.6) is 11.5 Å². The van der Waals surface area contributed by atoms with E-state index in [1.807, 2.05) is 25.1 Å². The number of aromatic nitrogens is 1. The number of halogens is 1. The number of guanidine groups is 1. The van der Waals surface area contributed by atoms with Crippen molar-refractivity contribution in [2.75, 3.05) is 58.6 Å². The number of hydrogen-bond acceptors (Lipinski definition) is 7. The van der Waals surface area contributed by atoms with Gasteiger partial charge in [0.25, 0.3) is 0 Å². The average molecular weight is 577 g/mol. The molecule has 1 aliphatic heterocycles. The molecule has 8 nitrogen and oxygen atoms in total. The summed E-state index contributed by atoms with van der Waals surface area (Å²) in [6.07, 6.45) is 2.56. The van der Waals surface area contributed by atoms with Crippen LogP contribution in [-0.2, 0) is 15.9 Å². The van der Waals surface area contributed by atoms with Gasteiger partial charge in [0, 0.05) is 56.8 Å². The van der Waals surface area contributed by atoms with Crippen LogP contribution in [0, 0.1) is 6.92 Å². The monoisotopic (exact) mass is 576 g/mol. The van der Waals surface area contributed by atoms with Crippen LogP contribution >= 0.6 is 35.3 Å². The fraction of sp³-hybridized carbons (Fsp3) is 0.545. The molecule has 1 aromatic carbocycles. The Morgan fingerprint density at radius 1 is 1.19 bits per heavy atom. The molecule has 0 aliphatic carbocycles. The Hall–Kier alpha value is -1.63. The average Bonchev–Trinajstić information content (AvgIpc) is 3.04. The number of thiazole rings is 1. The summed E-state index contributed by atoms with van der Waals surface area (Å²) < 4.78 is 22.0. The highest BCUT2D eigenvalue weighted by molar-refractivity contribution is 14.0. The van der Waals surface area contributed by atoms with Crippen molar-refractivity contribution in [3.8, 4) is 11.5 Å². The van der Waals surface area contributed by atoms with Gasteiger partial charge in [-0.2, -0.15) is 0 Å². The van der Waals surface area contributed by atoms with Gasteiger partial charge in [-0.1, -0.05) is 0 Å². The first-order chi connectivity index (χ1) is 15.2.